The molecule has 7 rings (SSSR count). The summed E-state index contributed by atoms with van der Waals surface area (Å²) in [4.78, 5) is 13.4. The van der Waals surface area contributed by atoms with Gasteiger partial charge in [0.05, 0.1) is 12.2 Å². The van der Waals surface area contributed by atoms with Gasteiger partial charge in [-0.15, -0.1) is 0 Å². The van der Waals surface area contributed by atoms with Gasteiger partial charge >= 0.3 is 0 Å². The molecule has 0 radical (unpaired) electrons. The van der Waals surface area contributed by atoms with E-state index in [9.17, 15) is 8.78 Å². The quantitative estimate of drug-likeness (QED) is 0.316. The van der Waals surface area contributed by atoms with Crippen LogP contribution in [0.25, 0.3) is 11.1 Å². The number of benzene rings is 1. The smallest absolute Gasteiger partial charge is 0.264 e. The zero-order chi connectivity index (χ0) is 31.9. The Morgan fingerprint density at radius 3 is 2.33 bits per heavy atom. The molecule has 0 unspecified atom stereocenters. The Morgan fingerprint density at radius 1 is 1.00 bits per heavy atom. The summed E-state index contributed by atoms with van der Waals surface area (Å²) in [5.41, 5.74) is 6.04. The third kappa shape index (κ3) is 7.83. The molecule has 1 aromatic carbocycles. The largest absolute Gasteiger partial charge is 0.324 e. The van der Waals surface area contributed by atoms with Crippen molar-refractivity contribution in [3.63, 3.8) is 0 Å². The molecule has 5 heterocycles. The molecule has 10 heteroatoms. The van der Waals surface area contributed by atoms with Crippen LogP contribution in [0, 0.1) is 5.92 Å². The van der Waals surface area contributed by atoms with Crippen molar-refractivity contribution in [2.45, 2.75) is 97.1 Å². The third-order valence-corrected chi connectivity index (χ3v) is 9.67. The van der Waals surface area contributed by atoms with Crippen molar-refractivity contribution in [3.8, 4) is 11.1 Å². The molecule has 45 heavy (non-hydrogen) atoms. The predicted octanol–water partition coefficient (Wildman–Crippen LogP) is 7.01. The number of nitrogens with one attached hydrogen (secondary N) is 1. The number of carbonyl (C=O) groups excluding carboxylic acids is 1. The lowest BCUT2D eigenvalue weighted by molar-refractivity contribution is -0.106. The van der Waals surface area contributed by atoms with Gasteiger partial charge in [0.2, 0.25) is 0 Å². The van der Waals surface area contributed by atoms with Crippen LogP contribution in [0.3, 0.4) is 0 Å². The number of piperidine rings is 1. The lowest BCUT2D eigenvalue weighted by Gasteiger charge is -2.33. The number of likely N-dealkylation sites (N-methyl/N-ethyl adjacent to an activating group) is 1. The Hall–Kier alpha value is -3.11. The van der Waals surface area contributed by atoms with E-state index in [2.05, 4.69) is 38.9 Å². The number of aldehydes is 1. The molecule has 4 aliphatic rings. The van der Waals surface area contributed by atoms with Gasteiger partial charge in [0, 0.05) is 67.4 Å². The highest BCUT2D eigenvalue weighted by Crippen LogP contribution is 2.44. The van der Waals surface area contributed by atoms with Crippen LogP contribution in [-0.4, -0.2) is 64.0 Å². The summed E-state index contributed by atoms with van der Waals surface area (Å²) in [6.07, 6.45) is 13.6. The fourth-order valence-corrected chi connectivity index (χ4v) is 7.23. The normalized spacial score (nSPS) is 21.6. The number of halogens is 2. The number of nitrogens with zero attached hydrogens (tertiary/aromatic N) is 6. The highest BCUT2D eigenvalue weighted by atomic mass is 19.3. The van der Waals surface area contributed by atoms with Crippen molar-refractivity contribution in [1.82, 2.24) is 29.8 Å². The van der Waals surface area contributed by atoms with Gasteiger partial charge in [0.1, 0.15) is 6.29 Å². The number of alkyl halides is 2. The zero-order valence-electron chi connectivity index (χ0n) is 27.6. The number of hydrogen-bond acceptors (Lipinski definition) is 6. The van der Waals surface area contributed by atoms with Crippen LogP contribution in [0.4, 0.5) is 20.3 Å². The van der Waals surface area contributed by atoms with E-state index in [1.807, 2.05) is 19.3 Å². The molecular formula is C35H51F2N7O. The fraction of sp³-hybridized carbons (Fsp3) is 0.629. The number of aromatic nitrogens is 4. The van der Waals surface area contributed by atoms with Gasteiger partial charge in [-0.2, -0.15) is 10.2 Å². The molecular weight excluding hydrogens is 572 g/mol. The molecule has 1 N–H and O–H groups in total. The highest BCUT2D eigenvalue weighted by molar-refractivity contribution is 5.76. The summed E-state index contributed by atoms with van der Waals surface area (Å²) in [5.74, 6) is 1.76. The Bertz CT molecular complexity index is 1390. The summed E-state index contributed by atoms with van der Waals surface area (Å²) in [7, 11) is 3.97. The van der Waals surface area contributed by atoms with Crippen molar-refractivity contribution >= 4 is 17.8 Å². The molecule has 1 saturated carbocycles. The molecule has 3 aromatic rings. The average molecular weight is 624 g/mol. The zero-order valence-corrected chi connectivity index (χ0v) is 27.6. The third-order valence-electron chi connectivity index (χ3n) is 9.67. The van der Waals surface area contributed by atoms with Gasteiger partial charge in [-0.3, -0.25) is 9.36 Å². The second-order valence-corrected chi connectivity index (χ2v) is 13.2. The first-order valence-electron chi connectivity index (χ1n) is 16.9. The number of anilines is 2. The van der Waals surface area contributed by atoms with Crippen LogP contribution in [-0.2, 0) is 31.2 Å². The second kappa shape index (κ2) is 15.5. The maximum atomic E-state index is 14.4. The van der Waals surface area contributed by atoms with Crippen LogP contribution >= 0.6 is 0 Å². The first-order valence-corrected chi connectivity index (χ1v) is 16.9. The van der Waals surface area contributed by atoms with Crippen LogP contribution in [0.2, 0.25) is 0 Å². The lowest BCUT2D eigenvalue weighted by Crippen LogP contribution is -2.30. The van der Waals surface area contributed by atoms with Crippen LogP contribution in [0.5, 0.6) is 0 Å². The van der Waals surface area contributed by atoms with Gasteiger partial charge in [0.25, 0.3) is 6.43 Å². The Labute approximate surface area is 267 Å². The van der Waals surface area contributed by atoms with Crippen molar-refractivity contribution in [1.29, 1.82) is 0 Å². The predicted molar refractivity (Wildman–Crippen MR) is 176 cm³/mol. The minimum absolute atomic E-state index is 0.0698. The monoisotopic (exact) mass is 623 g/mol. The Kier molecular flexibility index (Phi) is 11.4. The first-order chi connectivity index (χ1) is 21.8. The topological polar surface area (TPSA) is 71.2 Å². The second-order valence-electron chi connectivity index (χ2n) is 13.2. The molecule has 2 aromatic heterocycles. The summed E-state index contributed by atoms with van der Waals surface area (Å²) >= 11 is 0. The van der Waals surface area contributed by atoms with E-state index < -0.39 is 6.43 Å². The van der Waals surface area contributed by atoms with E-state index in [1.165, 1.54) is 76.2 Å². The summed E-state index contributed by atoms with van der Waals surface area (Å²) in [6.45, 7) is 8.98. The number of rotatable bonds is 4. The van der Waals surface area contributed by atoms with Crippen LogP contribution in [0.1, 0.15) is 100 Å². The van der Waals surface area contributed by atoms with Crippen LogP contribution < -0.4 is 10.2 Å². The molecule has 0 amide bonds. The average Bonchev–Trinajstić information content (AvgIpc) is 3.65. The lowest BCUT2D eigenvalue weighted by atomic mass is 9.87. The van der Waals surface area contributed by atoms with Crippen molar-refractivity contribution in [2.75, 3.05) is 38.1 Å². The van der Waals surface area contributed by atoms with Gasteiger partial charge < -0.3 is 19.9 Å². The molecule has 1 saturated heterocycles. The molecule has 8 nitrogen and oxygen atoms in total. The molecule has 2 fully saturated rings. The van der Waals surface area contributed by atoms with Gasteiger partial charge in [-0.05, 0) is 108 Å². The minimum Gasteiger partial charge on any atom is -0.324 e. The molecule has 3 aliphatic heterocycles. The maximum absolute atomic E-state index is 14.4. The standard InChI is InChI=1S/C28H36F2N6.C5H11N.C2H4O/c1-18-6-8-21(9-7-18)36-25-10-12-33(2)17-24(25)28(32-36)35-11-4-5-19-13-22(20-15-31-34(3)16-20)23(27(29)30)14-26(19)35;1-2-4-6-5-3-1;1-2-3/h13-16,18,21,27H,4-12,17H2,1-3H3;6H,1-5H2;2H,1H3. The maximum Gasteiger partial charge on any atom is 0.264 e. The molecule has 0 atom stereocenters. The van der Waals surface area contributed by atoms with E-state index in [-0.39, 0.29) is 5.56 Å². The minimum atomic E-state index is -2.56. The number of carbonyl (C=O) groups is 1. The summed E-state index contributed by atoms with van der Waals surface area (Å²) in [6, 6.07) is 4.14. The molecule has 1 aliphatic carbocycles. The highest BCUT2D eigenvalue weighted by Gasteiger charge is 2.33. The first kappa shape index (κ1) is 33.3. The van der Waals surface area contributed by atoms with E-state index in [1.54, 1.807) is 16.9 Å². The number of hydrogen-bond donors (Lipinski definition) is 1. The van der Waals surface area contributed by atoms with E-state index in [0.717, 1.165) is 73.7 Å². The van der Waals surface area contributed by atoms with Gasteiger partial charge in [-0.1, -0.05) is 13.3 Å². The molecule has 246 valence electrons. The van der Waals surface area contributed by atoms with E-state index in [4.69, 9.17) is 9.89 Å². The fourth-order valence-electron chi connectivity index (χ4n) is 7.23. The van der Waals surface area contributed by atoms with Crippen molar-refractivity contribution < 1.29 is 13.6 Å². The summed E-state index contributed by atoms with van der Waals surface area (Å²) in [5, 5.41) is 12.8. The summed E-state index contributed by atoms with van der Waals surface area (Å²) < 4.78 is 32.7. The van der Waals surface area contributed by atoms with Crippen molar-refractivity contribution in [2.24, 2.45) is 13.0 Å². The molecule has 0 spiro atoms. The number of aryl methyl sites for hydroxylation is 2. The molecule has 0 bridgehead atoms. The Balaban J connectivity index is 0.000000388. The van der Waals surface area contributed by atoms with Gasteiger partial charge in [-0.25, -0.2) is 8.78 Å². The Morgan fingerprint density at radius 2 is 1.73 bits per heavy atom. The van der Waals surface area contributed by atoms with Crippen LogP contribution in [0.15, 0.2) is 24.5 Å². The number of fused-ring (bicyclic) bond motifs is 2. The van der Waals surface area contributed by atoms with E-state index >= 15 is 0 Å². The SMILES string of the molecule is C1CCNCC1.CC1CCC(n2nc(N3CCCc4cc(-c5cnn(C)c5)c(C(F)F)cc43)c3c2CCN(C)C3)CC1.CC=O. The van der Waals surface area contributed by atoms with Crippen molar-refractivity contribution in [3.05, 3.63) is 46.9 Å². The van der Waals surface area contributed by atoms with E-state index in [0.29, 0.717) is 11.6 Å². The van der Waals surface area contributed by atoms with Gasteiger partial charge in [0.15, 0.2) is 5.82 Å².